The molecule has 1 aromatic heterocycles. The van der Waals surface area contributed by atoms with Gasteiger partial charge in [-0.3, -0.25) is 4.79 Å². The molecule has 0 fully saturated rings. The van der Waals surface area contributed by atoms with Crippen LogP contribution in [0.25, 0.3) is 22.9 Å². The molecule has 3 aromatic carbocycles. The highest BCUT2D eigenvalue weighted by Gasteiger charge is 2.31. The summed E-state index contributed by atoms with van der Waals surface area (Å²) in [5.41, 5.74) is 5.64. The molecule has 5 heteroatoms. The maximum atomic E-state index is 13.2. The first-order chi connectivity index (χ1) is 14.6. The Balaban J connectivity index is 1.40. The molecule has 0 saturated heterocycles. The van der Waals surface area contributed by atoms with Crippen LogP contribution in [0.4, 0.5) is 5.69 Å². The molecule has 0 saturated carbocycles. The number of hydrogen-bond donors (Lipinski definition) is 0. The summed E-state index contributed by atoms with van der Waals surface area (Å²) in [5, 5.41) is 8.37. The lowest BCUT2D eigenvalue weighted by atomic mass is 10.1. The summed E-state index contributed by atoms with van der Waals surface area (Å²) in [5.74, 6) is 0.933. The average Bonchev–Trinajstić information content (AvgIpc) is 3.38. The Morgan fingerprint density at radius 3 is 2.43 bits per heavy atom. The van der Waals surface area contributed by atoms with Crippen molar-refractivity contribution in [1.29, 1.82) is 0 Å². The summed E-state index contributed by atoms with van der Waals surface area (Å²) in [6.45, 7) is 4.09. The van der Waals surface area contributed by atoms with Crippen molar-refractivity contribution in [2.45, 2.75) is 26.3 Å². The predicted octanol–water partition coefficient (Wildman–Crippen LogP) is 5.30. The van der Waals surface area contributed by atoms with Gasteiger partial charge in [0.1, 0.15) is 0 Å². The number of aromatic nitrogens is 2. The maximum absolute atomic E-state index is 13.2. The zero-order valence-electron chi connectivity index (χ0n) is 16.9. The van der Waals surface area contributed by atoms with Crippen LogP contribution in [0, 0.1) is 6.92 Å². The van der Waals surface area contributed by atoms with Crippen LogP contribution in [-0.4, -0.2) is 22.1 Å². The smallest absolute Gasteiger partial charge is 0.258 e. The second kappa shape index (κ2) is 7.26. The molecule has 148 valence electrons. The molecule has 1 amide bonds. The van der Waals surface area contributed by atoms with E-state index >= 15 is 0 Å². The molecule has 0 aliphatic carbocycles. The fraction of sp³-hybridized carbons (Fsp3) is 0.160. The first-order valence-corrected chi connectivity index (χ1v) is 10.0. The molecule has 5 nitrogen and oxygen atoms in total. The zero-order valence-corrected chi connectivity index (χ0v) is 16.9. The Hall–Kier alpha value is -3.73. The average molecular weight is 395 g/mol. The first-order valence-electron chi connectivity index (χ1n) is 10.0. The van der Waals surface area contributed by atoms with Crippen molar-refractivity contribution in [3.63, 3.8) is 0 Å². The molecule has 1 atom stereocenters. The molecule has 4 aromatic rings. The molecule has 5 rings (SSSR count). The number of amides is 1. The highest BCUT2D eigenvalue weighted by Crippen LogP contribution is 2.33. The molecule has 0 N–H and O–H groups in total. The van der Waals surface area contributed by atoms with Crippen LogP contribution in [0.3, 0.4) is 0 Å². The number of nitrogens with zero attached hydrogens (tertiary/aromatic N) is 3. The van der Waals surface area contributed by atoms with E-state index in [-0.39, 0.29) is 11.9 Å². The van der Waals surface area contributed by atoms with Crippen molar-refractivity contribution in [3.05, 3.63) is 89.5 Å². The van der Waals surface area contributed by atoms with E-state index in [1.807, 2.05) is 78.6 Å². The summed E-state index contributed by atoms with van der Waals surface area (Å²) < 4.78 is 5.88. The van der Waals surface area contributed by atoms with E-state index in [9.17, 15) is 4.79 Å². The van der Waals surface area contributed by atoms with Crippen LogP contribution in [0.1, 0.15) is 28.4 Å². The highest BCUT2D eigenvalue weighted by atomic mass is 16.4. The van der Waals surface area contributed by atoms with Gasteiger partial charge in [0.15, 0.2) is 0 Å². The summed E-state index contributed by atoms with van der Waals surface area (Å²) in [6, 6.07) is 23.5. The third kappa shape index (κ3) is 3.08. The second-order valence-corrected chi connectivity index (χ2v) is 7.66. The van der Waals surface area contributed by atoms with Crippen molar-refractivity contribution in [2.24, 2.45) is 0 Å². The molecule has 0 spiro atoms. The maximum Gasteiger partial charge on any atom is 0.258 e. The van der Waals surface area contributed by atoms with Crippen LogP contribution in [0.5, 0.6) is 0 Å². The van der Waals surface area contributed by atoms with Gasteiger partial charge in [-0.1, -0.05) is 36.4 Å². The number of fused-ring (bicyclic) bond motifs is 1. The van der Waals surface area contributed by atoms with E-state index in [0.717, 1.165) is 28.8 Å². The van der Waals surface area contributed by atoms with Gasteiger partial charge >= 0.3 is 0 Å². The van der Waals surface area contributed by atoms with Crippen molar-refractivity contribution in [3.8, 4) is 22.9 Å². The van der Waals surface area contributed by atoms with Gasteiger partial charge in [0.25, 0.3) is 5.91 Å². The number of rotatable bonds is 3. The number of hydrogen-bond acceptors (Lipinski definition) is 4. The third-order valence-electron chi connectivity index (χ3n) is 5.61. The van der Waals surface area contributed by atoms with Crippen LogP contribution in [0.2, 0.25) is 0 Å². The van der Waals surface area contributed by atoms with Gasteiger partial charge in [-0.15, -0.1) is 10.2 Å². The zero-order chi connectivity index (χ0) is 20.7. The van der Waals surface area contributed by atoms with Crippen molar-refractivity contribution >= 4 is 11.6 Å². The van der Waals surface area contributed by atoms with Crippen molar-refractivity contribution < 1.29 is 9.21 Å². The van der Waals surface area contributed by atoms with Gasteiger partial charge in [-0.25, -0.2) is 0 Å². The number of anilines is 1. The van der Waals surface area contributed by atoms with Crippen LogP contribution in [0.15, 0.2) is 77.2 Å². The van der Waals surface area contributed by atoms with Gasteiger partial charge in [0.2, 0.25) is 11.8 Å². The Morgan fingerprint density at radius 2 is 1.63 bits per heavy atom. The Morgan fingerprint density at radius 1 is 0.933 bits per heavy atom. The number of benzene rings is 3. The lowest BCUT2D eigenvalue weighted by molar-refractivity contribution is 0.0981. The third-order valence-corrected chi connectivity index (χ3v) is 5.61. The SMILES string of the molecule is Cc1ccccc1-c1nnc(-c2ccc(C(=O)N3c4ccccc4CC3C)cc2)o1. The summed E-state index contributed by atoms with van der Waals surface area (Å²) in [7, 11) is 0. The standard InChI is InChI=1S/C25H21N3O2/c1-16-7-3-5-9-21(16)24-27-26-23(30-24)18-11-13-19(14-12-18)25(29)28-17(2)15-20-8-4-6-10-22(20)28/h3-14,17H,15H2,1-2H3. The number of carbonyl (C=O) groups is 1. The molecule has 1 aliphatic heterocycles. The van der Waals surface area contributed by atoms with E-state index in [4.69, 9.17) is 4.42 Å². The second-order valence-electron chi connectivity index (χ2n) is 7.66. The Kier molecular flexibility index (Phi) is 4.43. The van der Waals surface area contributed by atoms with Gasteiger partial charge in [0, 0.05) is 28.4 Å². The molecule has 1 aliphatic rings. The number of carbonyl (C=O) groups excluding carboxylic acids is 1. The quantitative estimate of drug-likeness (QED) is 0.472. The van der Waals surface area contributed by atoms with E-state index in [2.05, 4.69) is 23.2 Å². The van der Waals surface area contributed by atoms with Crippen molar-refractivity contribution in [2.75, 3.05) is 4.90 Å². The normalized spacial score (nSPS) is 15.3. The molecule has 2 heterocycles. The lowest BCUT2D eigenvalue weighted by Crippen LogP contribution is -2.35. The molecule has 1 unspecified atom stereocenters. The topological polar surface area (TPSA) is 59.2 Å². The molecule has 0 radical (unpaired) electrons. The van der Waals surface area contributed by atoms with E-state index in [1.165, 1.54) is 5.56 Å². The van der Waals surface area contributed by atoms with Crippen LogP contribution in [-0.2, 0) is 6.42 Å². The molecular weight excluding hydrogens is 374 g/mol. The number of para-hydroxylation sites is 1. The summed E-state index contributed by atoms with van der Waals surface area (Å²) in [4.78, 5) is 15.1. The Labute approximate surface area is 175 Å². The Bertz CT molecular complexity index is 1230. The molecule has 0 bridgehead atoms. The van der Waals surface area contributed by atoms with E-state index in [0.29, 0.717) is 17.3 Å². The van der Waals surface area contributed by atoms with Crippen LogP contribution >= 0.6 is 0 Å². The van der Waals surface area contributed by atoms with Gasteiger partial charge < -0.3 is 9.32 Å². The first kappa shape index (κ1) is 18.3. The minimum absolute atomic E-state index is 0.00475. The van der Waals surface area contributed by atoms with Gasteiger partial charge in [-0.2, -0.15) is 0 Å². The molecular formula is C25H21N3O2. The van der Waals surface area contributed by atoms with Gasteiger partial charge in [-0.05, 0) is 67.8 Å². The summed E-state index contributed by atoms with van der Waals surface area (Å²) >= 11 is 0. The fourth-order valence-electron chi connectivity index (χ4n) is 4.03. The van der Waals surface area contributed by atoms with Gasteiger partial charge in [0.05, 0.1) is 0 Å². The number of aryl methyl sites for hydroxylation is 1. The summed E-state index contributed by atoms with van der Waals surface area (Å²) in [6.07, 6.45) is 0.879. The minimum atomic E-state index is 0.00475. The van der Waals surface area contributed by atoms with E-state index < -0.39 is 0 Å². The van der Waals surface area contributed by atoms with E-state index in [1.54, 1.807) is 0 Å². The predicted molar refractivity (Wildman–Crippen MR) is 116 cm³/mol. The van der Waals surface area contributed by atoms with Crippen molar-refractivity contribution in [1.82, 2.24) is 10.2 Å². The van der Waals surface area contributed by atoms with Crippen LogP contribution < -0.4 is 4.90 Å². The largest absolute Gasteiger partial charge is 0.416 e. The highest BCUT2D eigenvalue weighted by molar-refractivity contribution is 6.07. The minimum Gasteiger partial charge on any atom is -0.416 e. The lowest BCUT2D eigenvalue weighted by Gasteiger charge is -2.22. The molecule has 30 heavy (non-hydrogen) atoms. The monoisotopic (exact) mass is 395 g/mol. The fourth-order valence-corrected chi connectivity index (χ4v) is 4.03.